The fourth-order valence-electron chi connectivity index (χ4n) is 4.09. The molecule has 0 atom stereocenters. The molecule has 0 saturated heterocycles. The van der Waals surface area contributed by atoms with E-state index in [0.717, 1.165) is 38.8 Å². The van der Waals surface area contributed by atoms with E-state index in [-0.39, 0.29) is 19.3 Å². The van der Waals surface area contributed by atoms with Crippen molar-refractivity contribution in [3.63, 3.8) is 0 Å². The van der Waals surface area contributed by atoms with Crippen molar-refractivity contribution >= 4 is 28.6 Å². The Morgan fingerprint density at radius 1 is 1.03 bits per heavy atom. The Morgan fingerprint density at radius 2 is 1.89 bits per heavy atom. The predicted molar refractivity (Wildman–Crippen MR) is 132 cm³/mol. The van der Waals surface area contributed by atoms with Crippen LogP contribution in [0, 0.1) is 0 Å². The van der Waals surface area contributed by atoms with Crippen molar-refractivity contribution in [2.24, 2.45) is 4.99 Å². The van der Waals surface area contributed by atoms with Gasteiger partial charge < -0.3 is 28.8 Å². The third kappa shape index (κ3) is 4.10. The number of nitrogens with zero attached hydrogens (tertiary/aromatic N) is 2. The second-order valence-electron chi connectivity index (χ2n) is 8.01. The SMILES string of the molecule is COc1ccccc1N=c1scc(-c2ccc3c(c2)NC(=O)CO3)n1Cc1ccc2c(c1)OCO2. The first-order valence-corrected chi connectivity index (χ1v) is 11.9. The number of hydrogen-bond acceptors (Lipinski definition) is 7. The zero-order valence-electron chi connectivity index (χ0n) is 18.8. The third-order valence-corrected chi connectivity index (χ3v) is 6.65. The molecule has 1 amide bonds. The number of carbonyl (C=O) groups excluding carboxylic acids is 1. The van der Waals surface area contributed by atoms with Crippen LogP contribution in [0.3, 0.4) is 0 Å². The van der Waals surface area contributed by atoms with Crippen molar-refractivity contribution in [2.75, 3.05) is 25.8 Å². The van der Waals surface area contributed by atoms with Crippen LogP contribution >= 0.6 is 11.3 Å². The molecule has 0 saturated carbocycles. The highest BCUT2D eigenvalue weighted by atomic mass is 32.1. The van der Waals surface area contributed by atoms with Crippen molar-refractivity contribution < 1.29 is 23.7 Å². The number of carbonyl (C=O) groups is 1. The van der Waals surface area contributed by atoms with E-state index in [1.807, 2.05) is 60.7 Å². The summed E-state index contributed by atoms with van der Waals surface area (Å²) in [5.74, 6) is 2.67. The minimum absolute atomic E-state index is 0.0247. The molecule has 3 heterocycles. The number of fused-ring (bicyclic) bond motifs is 2. The Balaban J connectivity index is 1.47. The van der Waals surface area contributed by atoms with Gasteiger partial charge in [0.05, 0.1) is 25.0 Å². The Labute approximate surface area is 205 Å². The maximum absolute atomic E-state index is 11.9. The molecule has 0 radical (unpaired) electrons. The summed E-state index contributed by atoms with van der Waals surface area (Å²) in [6.45, 7) is 0.813. The second kappa shape index (κ2) is 8.84. The van der Waals surface area contributed by atoms with Crippen LogP contribution in [0.1, 0.15) is 5.56 Å². The van der Waals surface area contributed by atoms with E-state index in [1.54, 1.807) is 7.11 Å². The summed E-state index contributed by atoms with van der Waals surface area (Å²) >= 11 is 1.53. The minimum atomic E-state index is -0.167. The van der Waals surface area contributed by atoms with Crippen LogP contribution < -0.4 is 29.1 Å². The molecule has 0 unspecified atom stereocenters. The fourth-order valence-corrected chi connectivity index (χ4v) is 5.01. The quantitative estimate of drug-likeness (QED) is 0.446. The van der Waals surface area contributed by atoms with Crippen LogP contribution in [-0.4, -0.2) is 31.0 Å². The Morgan fingerprint density at radius 3 is 2.80 bits per heavy atom. The lowest BCUT2D eigenvalue weighted by Gasteiger charge is -2.19. The number of amides is 1. The van der Waals surface area contributed by atoms with E-state index in [4.69, 9.17) is 23.9 Å². The van der Waals surface area contributed by atoms with Crippen molar-refractivity contribution in [3.05, 3.63) is 76.4 Å². The van der Waals surface area contributed by atoms with Crippen LogP contribution in [0.4, 0.5) is 11.4 Å². The van der Waals surface area contributed by atoms with Gasteiger partial charge in [0.1, 0.15) is 17.2 Å². The number of anilines is 1. The van der Waals surface area contributed by atoms with Gasteiger partial charge in [-0.2, -0.15) is 0 Å². The van der Waals surface area contributed by atoms with E-state index < -0.39 is 0 Å². The lowest BCUT2D eigenvalue weighted by atomic mass is 10.1. The summed E-state index contributed by atoms with van der Waals surface area (Å²) in [6.07, 6.45) is 0. The molecule has 2 aliphatic rings. The van der Waals surface area contributed by atoms with Gasteiger partial charge in [0.25, 0.3) is 5.91 Å². The molecule has 3 aromatic carbocycles. The molecule has 0 bridgehead atoms. The maximum atomic E-state index is 11.9. The molecule has 1 aromatic heterocycles. The number of ether oxygens (including phenoxy) is 4. The largest absolute Gasteiger partial charge is 0.494 e. The molecule has 35 heavy (non-hydrogen) atoms. The molecule has 0 spiro atoms. The first-order valence-electron chi connectivity index (χ1n) is 11.0. The van der Waals surface area contributed by atoms with Gasteiger partial charge in [-0.15, -0.1) is 11.3 Å². The zero-order chi connectivity index (χ0) is 23.8. The van der Waals surface area contributed by atoms with Crippen LogP contribution in [0.15, 0.2) is 71.0 Å². The Hall–Kier alpha value is -4.24. The maximum Gasteiger partial charge on any atom is 0.262 e. The van der Waals surface area contributed by atoms with E-state index in [2.05, 4.69) is 15.3 Å². The molecular weight excluding hydrogens is 466 g/mol. The lowest BCUT2D eigenvalue weighted by molar-refractivity contribution is -0.118. The summed E-state index contributed by atoms with van der Waals surface area (Å²) in [4.78, 5) is 17.6. The van der Waals surface area contributed by atoms with Crippen LogP contribution in [-0.2, 0) is 11.3 Å². The highest BCUT2D eigenvalue weighted by molar-refractivity contribution is 7.07. The standard InChI is InChI=1S/C26H21N3O5S/c1-31-21-5-3-2-4-18(21)28-26-29(12-16-6-8-23-24(10-16)34-15-33-23)20(14-35-26)17-7-9-22-19(11-17)27-25(30)13-32-22/h2-11,14H,12-13,15H2,1H3,(H,27,30). The Bertz CT molecular complexity index is 1510. The average molecular weight is 488 g/mol. The van der Waals surface area contributed by atoms with Crippen molar-refractivity contribution in [3.8, 4) is 34.3 Å². The lowest BCUT2D eigenvalue weighted by Crippen LogP contribution is -2.25. The number of methoxy groups -OCH3 is 1. The van der Waals surface area contributed by atoms with Gasteiger partial charge in [-0.3, -0.25) is 4.79 Å². The second-order valence-corrected chi connectivity index (χ2v) is 8.85. The monoisotopic (exact) mass is 487 g/mol. The van der Waals surface area contributed by atoms with Gasteiger partial charge in [-0.05, 0) is 48.0 Å². The minimum Gasteiger partial charge on any atom is -0.494 e. The van der Waals surface area contributed by atoms with Gasteiger partial charge >= 0.3 is 0 Å². The molecule has 176 valence electrons. The van der Waals surface area contributed by atoms with Crippen LogP contribution in [0.2, 0.25) is 0 Å². The molecular formula is C26H21N3O5S. The van der Waals surface area contributed by atoms with Crippen LogP contribution in [0.5, 0.6) is 23.0 Å². The van der Waals surface area contributed by atoms with Gasteiger partial charge in [0.2, 0.25) is 6.79 Å². The first kappa shape index (κ1) is 21.3. The van der Waals surface area contributed by atoms with E-state index in [1.165, 1.54) is 11.3 Å². The summed E-state index contributed by atoms with van der Waals surface area (Å²) in [5.41, 5.74) is 4.35. The third-order valence-electron chi connectivity index (χ3n) is 5.78. The van der Waals surface area contributed by atoms with Crippen LogP contribution in [0.25, 0.3) is 11.3 Å². The van der Waals surface area contributed by atoms with Crippen molar-refractivity contribution in [2.45, 2.75) is 6.54 Å². The highest BCUT2D eigenvalue weighted by Crippen LogP contribution is 2.35. The Kier molecular flexibility index (Phi) is 5.38. The summed E-state index contributed by atoms with van der Waals surface area (Å²) in [7, 11) is 1.64. The van der Waals surface area contributed by atoms with Crippen molar-refractivity contribution in [1.82, 2.24) is 4.57 Å². The van der Waals surface area contributed by atoms with E-state index >= 15 is 0 Å². The topological polar surface area (TPSA) is 83.3 Å². The molecule has 6 rings (SSSR count). The predicted octanol–water partition coefficient (Wildman–Crippen LogP) is 4.57. The number of hydrogen-bond donors (Lipinski definition) is 1. The molecule has 0 fully saturated rings. The smallest absolute Gasteiger partial charge is 0.262 e. The summed E-state index contributed by atoms with van der Waals surface area (Å²) < 4.78 is 24.2. The molecule has 0 aliphatic carbocycles. The number of para-hydroxylation sites is 2. The van der Waals surface area contributed by atoms with Gasteiger partial charge in [-0.1, -0.05) is 18.2 Å². The van der Waals surface area contributed by atoms with E-state index in [9.17, 15) is 4.79 Å². The number of nitrogens with one attached hydrogen (secondary N) is 1. The van der Waals surface area contributed by atoms with Gasteiger partial charge in [0, 0.05) is 10.9 Å². The zero-order valence-corrected chi connectivity index (χ0v) is 19.6. The molecule has 2 aliphatic heterocycles. The average Bonchev–Trinajstić information content (AvgIpc) is 3.51. The number of benzene rings is 3. The number of aromatic nitrogens is 1. The first-order chi connectivity index (χ1) is 17.2. The highest BCUT2D eigenvalue weighted by Gasteiger charge is 2.19. The summed E-state index contributed by atoms with van der Waals surface area (Å²) in [6, 6.07) is 19.4. The molecule has 9 heteroatoms. The molecule has 1 N–H and O–H groups in total. The van der Waals surface area contributed by atoms with Gasteiger partial charge in [0.15, 0.2) is 22.9 Å². The van der Waals surface area contributed by atoms with Gasteiger partial charge in [-0.25, -0.2) is 4.99 Å². The fraction of sp³-hybridized carbons (Fsp3) is 0.154. The molecule has 8 nitrogen and oxygen atoms in total. The number of thiazole rings is 1. The van der Waals surface area contributed by atoms with Crippen molar-refractivity contribution in [1.29, 1.82) is 0 Å². The summed E-state index contributed by atoms with van der Waals surface area (Å²) in [5, 5.41) is 4.95. The van der Waals surface area contributed by atoms with E-state index in [0.29, 0.717) is 23.7 Å². The molecule has 4 aromatic rings. The normalized spacial score (nSPS) is 14.3. The number of rotatable bonds is 5.